The summed E-state index contributed by atoms with van der Waals surface area (Å²) in [5, 5.41) is 4.67. The van der Waals surface area contributed by atoms with E-state index in [1.165, 1.54) is 11.3 Å². The van der Waals surface area contributed by atoms with Gasteiger partial charge in [-0.05, 0) is 30.9 Å². The molecule has 1 N–H and O–H groups in total. The van der Waals surface area contributed by atoms with Crippen LogP contribution in [0.4, 0.5) is 0 Å². The van der Waals surface area contributed by atoms with Gasteiger partial charge in [-0.3, -0.25) is 24.1 Å². The summed E-state index contributed by atoms with van der Waals surface area (Å²) in [6.07, 6.45) is 4.53. The molecule has 178 valence electrons. The summed E-state index contributed by atoms with van der Waals surface area (Å²) in [4.78, 5) is 47.0. The molecule has 3 fully saturated rings. The monoisotopic (exact) mass is 461 g/mol. The maximum Gasteiger partial charge on any atom is 0.261 e. The number of carbonyl (C=O) groups is 3. The van der Waals surface area contributed by atoms with Gasteiger partial charge in [-0.2, -0.15) is 5.06 Å². The molecular weight excluding hydrogens is 430 g/mol. The molecule has 2 saturated heterocycles. The van der Waals surface area contributed by atoms with E-state index in [-0.39, 0.29) is 36.9 Å². The Labute approximate surface area is 200 Å². The van der Waals surface area contributed by atoms with Crippen molar-refractivity contribution < 1.29 is 19.2 Å². The number of nitrogens with one attached hydrogen (secondary N) is 1. The highest BCUT2D eigenvalue weighted by atomic mass is 16.7. The number of imide groups is 1. The molecule has 0 bridgehead atoms. The van der Waals surface area contributed by atoms with E-state index < -0.39 is 18.1 Å². The Morgan fingerprint density at radius 1 is 0.971 bits per heavy atom. The molecule has 2 heterocycles. The highest BCUT2D eigenvalue weighted by Gasteiger charge is 2.59. The van der Waals surface area contributed by atoms with Crippen molar-refractivity contribution in [1.82, 2.24) is 15.3 Å². The first-order valence-electron chi connectivity index (χ1n) is 12.2. The van der Waals surface area contributed by atoms with Crippen LogP contribution in [0, 0.1) is 12.8 Å². The summed E-state index contributed by atoms with van der Waals surface area (Å²) in [5.41, 5.74) is 2.85. The molecule has 3 atom stereocenters. The lowest BCUT2D eigenvalue weighted by atomic mass is 9.90. The molecule has 0 radical (unpaired) electrons. The fourth-order valence-electron chi connectivity index (χ4n) is 5.38. The summed E-state index contributed by atoms with van der Waals surface area (Å²) in [6.45, 7) is 2.21. The van der Waals surface area contributed by atoms with Crippen LogP contribution in [0.15, 0.2) is 54.6 Å². The van der Waals surface area contributed by atoms with Gasteiger partial charge in [-0.25, -0.2) is 0 Å². The van der Waals surface area contributed by atoms with E-state index in [1.807, 2.05) is 61.5 Å². The zero-order valence-corrected chi connectivity index (χ0v) is 19.5. The van der Waals surface area contributed by atoms with Gasteiger partial charge in [0.1, 0.15) is 6.54 Å². The van der Waals surface area contributed by atoms with E-state index in [0.29, 0.717) is 0 Å². The van der Waals surface area contributed by atoms with Crippen molar-refractivity contribution >= 4 is 17.7 Å². The average molecular weight is 462 g/mol. The van der Waals surface area contributed by atoms with Crippen LogP contribution in [0.5, 0.6) is 0 Å². The fourth-order valence-corrected chi connectivity index (χ4v) is 5.38. The molecule has 7 heteroatoms. The van der Waals surface area contributed by atoms with Gasteiger partial charge in [0, 0.05) is 6.04 Å². The lowest BCUT2D eigenvalue weighted by Gasteiger charge is -2.28. The highest BCUT2D eigenvalue weighted by Crippen LogP contribution is 2.44. The van der Waals surface area contributed by atoms with Gasteiger partial charge in [-0.15, -0.1) is 0 Å². The van der Waals surface area contributed by atoms with Crippen LogP contribution in [0.3, 0.4) is 0 Å². The maximum atomic E-state index is 13.5. The summed E-state index contributed by atoms with van der Waals surface area (Å²) < 4.78 is 0. The second-order valence-electron chi connectivity index (χ2n) is 9.63. The van der Waals surface area contributed by atoms with Crippen LogP contribution in [0.1, 0.15) is 54.8 Å². The molecular formula is C27H31N3O4. The smallest absolute Gasteiger partial charge is 0.261 e. The number of amides is 3. The molecule has 5 rings (SSSR count). The minimum atomic E-state index is -0.912. The van der Waals surface area contributed by atoms with Gasteiger partial charge >= 0.3 is 0 Å². The number of nitrogens with zero attached hydrogens (tertiary/aromatic N) is 2. The average Bonchev–Trinajstić information content (AvgIpc) is 3.31. The Bertz CT molecular complexity index is 1050. The molecule has 2 aliphatic heterocycles. The molecule has 0 spiro atoms. The molecule has 34 heavy (non-hydrogen) atoms. The quantitative estimate of drug-likeness (QED) is 0.668. The molecule has 3 unspecified atom stereocenters. The standard InChI is InChI=1S/C27H31N3O4/c1-18-12-14-20(15-13-18)24-23-25(27(33)29(26(23)32)16-19-8-4-2-5-9-19)34-30(24)17-22(31)28-21-10-6-3-7-11-21/h2,4-5,8-9,12-15,21,23-25H,3,6-7,10-11,16-17H2,1H3,(H,28,31). The predicted octanol–water partition coefficient (Wildman–Crippen LogP) is 3.29. The van der Waals surface area contributed by atoms with E-state index in [2.05, 4.69) is 5.32 Å². The van der Waals surface area contributed by atoms with Gasteiger partial charge in [0.2, 0.25) is 11.8 Å². The molecule has 2 aromatic rings. The maximum absolute atomic E-state index is 13.5. The van der Waals surface area contributed by atoms with E-state index in [0.717, 1.165) is 42.4 Å². The van der Waals surface area contributed by atoms with E-state index in [1.54, 1.807) is 5.06 Å². The molecule has 3 aliphatic rings. The van der Waals surface area contributed by atoms with Gasteiger partial charge in [-0.1, -0.05) is 79.4 Å². The largest absolute Gasteiger partial charge is 0.352 e. The third-order valence-electron chi connectivity index (χ3n) is 7.16. The number of hydrogen-bond donors (Lipinski definition) is 1. The van der Waals surface area contributed by atoms with Crippen LogP contribution >= 0.6 is 0 Å². The van der Waals surface area contributed by atoms with Crippen molar-refractivity contribution in [3.8, 4) is 0 Å². The van der Waals surface area contributed by atoms with E-state index >= 15 is 0 Å². The van der Waals surface area contributed by atoms with E-state index in [9.17, 15) is 14.4 Å². The van der Waals surface area contributed by atoms with Crippen molar-refractivity contribution in [2.24, 2.45) is 5.92 Å². The Balaban J connectivity index is 1.37. The molecule has 0 aromatic heterocycles. The summed E-state index contributed by atoms with van der Waals surface area (Å²) in [7, 11) is 0. The van der Waals surface area contributed by atoms with Crippen LogP contribution in [0.2, 0.25) is 0 Å². The normalized spacial score (nSPS) is 25.6. The van der Waals surface area contributed by atoms with Crippen molar-refractivity contribution in [2.75, 3.05) is 6.54 Å². The number of hydrogen-bond acceptors (Lipinski definition) is 5. The summed E-state index contributed by atoms with van der Waals surface area (Å²) in [5.74, 6) is -1.41. The highest BCUT2D eigenvalue weighted by molar-refractivity contribution is 6.07. The van der Waals surface area contributed by atoms with Crippen LogP contribution in [0.25, 0.3) is 0 Å². The Kier molecular flexibility index (Phi) is 6.48. The Morgan fingerprint density at radius 3 is 2.38 bits per heavy atom. The van der Waals surface area contributed by atoms with Crippen molar-refractivity contribution in [3.63, 3.8) is 0 Å². The summed E-state index contributed by atoms with van der Waals surface area (Å²) in [6, 6.07) is 17.0. The fraction of sp³-hybridized carbons (Fsp3) is 0.444. The third kappa shape index (κ3) is 4.50. The van der Waals surface area contributed by atoms with Gasteiger partial charge < -0.3 is 5.32 Å². The second-order valence-corrected chi connectivity index (χ2v) is 9.63. The van der Waals surface area contributed by atoms with Gasteiger partial charge in [0.15, 0.2) is 6.10 Å². The Hall–Kier alpha value is -3.03. The Morgan fingerprint density at radius 2 is 1.68 bits per heavy atom. The topological polar surface area (TPSA) is 79.0 Å². The number of fused-ring (bicyclic) bond motifs is 1. The number of carbonyl (C=O) groups excluding carboxylic acids is 3. The van der Waals surface area contributed by atoms with Gasteiger partial charge in [0.25, 0.3) is 5.91 Å². The minimum Gasteiger partial charge on any atom is -0.352 e. The zero-order chi connectivity index (χ0) is 23.7. The third-order valence-corrected chi connectivity index (χ3v) is 7.16. The number of aryl methyl sites for hydroxylation is 1. The van der Waals surface area contributed by atoms with Crippen molar-refractivity contribution in [3.05, 3.63) is 71.3 Å². The predicted molar refractivity (Wildman–Crippen MR) is 126 cm³/mol. The first-order valence-corrected chi connectivity index (χ1v) is 12.2. The second kappa shape index (κ2) is 9.68. The summed E-state index contributed by atoms with van der Waals surface area (Å²) >= 11 is 0. The van der Waals surface area contributed by atoms with Gasteiger partial charge in [0.05, 0.1) is 18.5 Å². The first kappa shape index (κ1) is 22.7. The van der Waals surface area contributed by atoms with E-state index in [4.69, 9.17) is 4.84 Å². The lowest BCUT2D eigenvalue weighted by molar-refractivity contribution is -0.183. The van der Waals surface area contributed by atoms with Crippen LogP contribution < -0.4 is 5.32 Å². The minimum absolute atomic E-state index is 0.0126. The molecule has 7 nitrogen and oxygen atoms in total. The van der Waals surface area contributed by atoms with Crippen LogP contribution in [-0.4, -0.2) is 46.4 Å². The number of likely N-dealkylation sites (tertiary alicyclic amines) is 1. The first-order chi connectivity index (χ1) is 16.5. The molecule has 1 aliphatic carbocycles. The van der Waals surface area contributed by atoms with Crippen LogP contribution in [-0.2, 0) is 25.8 Å². The SMILES string of the molecule is Cc1ccc(C2C3C(=O)N(Cc4ccccc4)C(=O)C3ON2CC(=O)NC2CCCCC2)cc1. The number of rotatable bonds is 6. The molecule has 2 aromatic carbocycles. The van der Waals surface area contributed by atoms with Crippen molar-refractivity contribution in [1.29, 1.82) is 0 Å². The molecule has 3 amide bonds. The van der Waals surface area contributed by atoms with Crippen molar-refractivity contribution in [2.45, 2.75) is 63.8 Å². The molecule has 1 saturated carbocycles. The zero-order valence-electron chi connectivity index (χ0n) is 19.5. The number of benzene rings is 2. The number of hydroxylamine groups is 2. The lowest BCUT2D eigenvalue weighted by Crippen LogP contribution is -2.44.